The van der Waals surface area contributed by atoms with Gasteiger partial charge in [-0.05, 0) is 68.8 Å². The summed E-state index contributed by atoms with van der Waals surface area (Å²) in [6, 6.07) is 11.8. The molecule has 1 aromatic heterocycles. The molecule has 1 aliphatic rings. The average Bonchev–Trinajstić information content (AvgIpc) is 2.87. The zero-order valence-corrected chi connectivity index (χ0v) is 21.7. The Morgan fingerprint density at radius 3 is 2.36 bits per heavy atom. The number of piperazine rings is 1. The molecule has 0 unspecified atom stereocenters. The van der Waals surface area contributed by atoms with Gasteiger partial charge in [0.2, 0.25) is 0 Å². The first-order valence-corrected chi connectivity index (χ1v) is 12.0. The first kappa shape index (κ1) is 25.3. The zero-order valence-electron chi connectivity index (χ0n) is 21.7. The van der Waals surface area contributed by atoms with E-state index < -0.39 is 5.60 Å². The molecule has 0 saturated carbocycles. The quantitative estimate of drug-likeness (QED) is 0.538. The second-order valence-corrected chi connectivity index (χ2v) is 9.77. The summed E-state index contributed by atoms with van der Waals surface area (Å²) in [5, 5.41) is 16.8. The van der Waals surface area contributed by atoms with Crippen LogP contribution in [0.2, 0.25) is 0 Å². The Bertz CT molecular complexity index is 1220. The van der Waals surface area contributed by atoms with Crippen LogP contribution in [0.15, 0.2) is 36.4 Å². The van der Waals surface area contributed by atoms with Gasteiger partial charge in [0.05, 0.1) is 25.8 Å². The molecule has 0 bridgehead atoms. The van der Waals surface area contributed by atoms with Gasteiger partial charge in [-0.25, -0.2) is 4.79 Å². The van der Waals surface area contributed by atoms with E-state index in [1.54, 1.807) is 19.1 Å². The van der Waals surface area contributed by atoms with Crippen LogP contribution < -0.4 is 19.7 Å². The van der Waals surface area contributed by atoms with Crippen LogP contribution in [0.25, 0.3) is 10.9 Å². The summed E-state index contributed by atoms with van der Waals surface area (Å²) in [5.74, 6) is 2.00. The molecule has 1 amide bonds. The number of hydrogen-bond acceptors (Lipinski definition) is 9. The Morgan fingerprint density at radius 2 is 1.69 bits per heavy atom. The van der Waals surface area contributed by atoms with Crippen molar-refractivity contribution in [2.45, 2.75) is 39.3 Å². The molecule has 10 nitrogen and oxygen atoms in total. The maximum atomic E-state index is 12.4. The molecule has 2 heterocycles. The molecule has 192 valence electrons. The van der Waals surface area contributed by atoms with Crippen molar-refractivity contribution in [2.75, 3.05) is 50.6 Å². The van der Waals surface area contributed by atoms with Crippen LogP contribution in [0.3, 0.4) is 0 Å². The third kappa shape index (κ3) is 5.69. The number of anilines is 2. The minimum Gasteiger partial charge on any atom is -0.493 e. The van der Waals surface area contributed by atoms with Gasteiger partial charge >= 0.3 is 6.09 Å². The summed E-state index contributed by atoms with van der Waals surface area (Å²) in [5.41, 5.74) is 2.32. The Hall–Kier alpha value is -3.82. The van der Waals surface area contributed by atoms with Gasteiger partial charge < -0.3 is 29.3 Å². The SMILES string of the molecule is COc1ccc([C@@H](C)Nc2nnnc3ccc(N4CCN(C(=O)OC(C)(C)C)CC4)cc23)cc1OC. The summed E-state index contributed by atoms with van der Waals surface area (Å²) in [6.07, 6.45) is -0.268. The lowest BCUT2D eigenvalue weighted by Crippen LogP contribution is -2.50. The molecule has 2 aromatic carbocycles. The minimum absolute atomic E-state index is 0.0641. The van der Waals surface area contributed by atoms with Crippen molar-refractivity contribution in [3.05, 3.63) is 42.0 Å². The third-order valence-corrected chi connectivity index (χ3v) is 6.09. The summed E-state index contributed by atoms with van der Waals surface area (Å²) in [7, 11) is 3.24. The minimum atomic E-state index is -0.502. The normalized spacial score (nSPS) is 14.9. The summed E-state index contributed by atoms with van der Waals surface area (Å²) in [6.45, 7) is 10.3. The Labute approximate surface area is 211 Å². The molecule has 1 atom stereocenters. The predicted molar refractivity (Wildman–Crippen MR) is 139 cm³/mol. The molecule has 0 aliphatic carbocycles. The van der Waals surface area contributed by atoms with Gasteiger partial charge in [0.1, 0.15) is 5.60 Å². The molecule has 10 heteroatoms. The molecule has 1 saturated heterocycles. The Kier molecular flexibility index (Phi) is 7.32. The van der Waals surface area contributed by atoms with Crippen LogP contribution in [0.4, 0.5) is 16.3 Å². The standard InChI is InChI=1S/C26H34N6O4/c1-17(18-7-10-22(34-5)23(15-18)35-6)27-24-20-16-19(8-9-21(20)28-30-29-24)31-11-13-32(14-12-31)25(33)36-26(2,3)4/h7-10,15-17H,11-14H2,1-6H3,(H,27,28,29)/t17-/m1/s1. The van der Waals surface area contributed by atoms with Crippen LogP contribution in [0, 0.1) is 0 Å². The number of nitrogens with one attached hydrogen (secondary N) is 1. The van der Waals surface area contributed by atoms with E-state index in [1.165, 1.54) is 0 Å². The van der Waals surface area contributed by atoms with E-state index in [9.17, 15) is 4.79 Å². The van der Waals surface area contributed by atoms with Crippen LogP contribution >= 0.6 is 0 Å². The first-order valence-electron chi connectivity index (χ1n) is 12.0. The highest BCUT2D eigenvalue weighted by Crippen LogP contribution is 2.32. The summed E-state index contributed by atoms with van der Waals surface area (Å²) in [4.78, 5) is 16.4. The van der Waals surface area contributed by atoms with E-state index in [2.05, 4.69) is 38.6 Å². The number of benzene rings is 2. The molecular formula is C26H34N6O4. The zero-order chi connectivity index (χ0) is 25.9. The monoisotopic (exact) mass is 494 g/mol. The van der Waals surface area contributed by atoms with Crippen molar-refractivity contribution < 1.29 is 19.0 Å². The van der Waals surface area contributed by atoms with Crippen molar-refractivity contribution in [3.63, 3.8) is 0 Å². The van der Waals surface area contributed by atoms with E-state index in [4.69, 9.17) is 14.2 Å². The van der Waals surface area contributed by atoms with Crippen molar-refractivity contribution >= 4 is 28.5 Å². The van der Waals surface area contributed by atoms with Crippen LogP contribution in [0.5, 0.6) is 11.5 Å². The average molecular weight is 495 g/mol. The van der Waals surface area contributed by atoms with Crippen molar-refractivity contribution in [3.8, 4) is 11.5 Å². The topological polar surface area (TPSA) is 102 Å². The smallest absolute Gasteiger partial charge is 0.410 e. The lowest BCUT2D eigenvalue weighted by Gasteiger charge is -2.36. The van der Waals surface area contributed by atoms with Gasteiger partial charge in [0.25, 0.3) is 0 Å². The number of rotatable bonds is 6. The van der Waals surface area contributed by atoms with Crippen LogP contribution in [-0.2, 0) is 4.74 Å². The predicted octanol–water partition coefficient (Wildman–Crippen LogP) is 4.27. The fourth-order valence-electron chi connectivity index (χ4n) is 4.16. The Morgan fingerprint density at radius 1 is 0.972 bits per heavy atom. The molecule has 1 N–H and O–H groups in total. The third-order valence-electron chi connectivity index (χ3n) is 6.09. The molecule has 0 radical (unpaired) electrons. The number of methoxy groups -OCH3 is 2. The fourth-order valence-corrected chi connectivity index (χ4v) is 4.16. The maximum absolute atomic E-state index is 12.4. The van der Waals surface area contributed by atoms with Gasteiger partial charge in [-0.1, -0.05) is 6.07 Å². The van der Waals surface area contributed by atoms with E-state index in [0.29, 0.717) is 43.5 Å². The molecular weight excluding hydrogens is 460 g/mol. The molecule has 1 fully saturated rings. The lowest BCUT2D eigenvalue weighted by atomic mass is 10.1. The van der Waals surface area contributed by atoms with Gasteiger partial charge in [-0.2, -0.15) is 0 Å². The number of hydrogen-bond donors (Lipinski definition) is 1. The number of amides is 1. The highest BCUT2D eigenvalue weighted by molar-refractivity contribution is 5.91. The van der Waals surface area contributed by atoms with Gasteiger partial charge in [0.15, 0.2) is 17.3 Å². The van der Waals surface area contributed by atoms with Crippen molar-refractivity contribution in [1.82, 2.24) is 20.3 Å². The molecule has 1 aliphatic heterocycles. The molecule has 0 spiro atoms. The second-order valence-electron chi connectivity index (χ2n) is 9.77. The number of carbonyl (C=O) groups is 1. The first-order chi connectivity index (χ1) is 17.2. The number of fused-ring (bicyclic) bond motifs is 1. The fraction of sp³-hybridized carbons (Fsp3) is 0.462. The van der Waals surface area contributed by atoms with Crippen LogP contribution in [-0.4, -0.2) is 72.4 Å². The highest BCUT2D eigenvalue weighted by Gasteiger charge is 2.26. The molecule has 3 aromatic rings. The van der Waals surface area contributed by atoms with E-state index in [1.807, 2.05) is 51.1 Å². The van der Waals surface area contributed by atoms with E-state index in [0.717, 1.165) is 22.2 Å². The highest BCUT2D eigenvalue weighted by atomic mass is 16.6. The van der Waals surface area contributed by atoms with Gasteiger partial charge in [0, 0.05) is 37.3 Å². The van der Waals surface area contributed by atoms with Crippen molar-refractivity contribution in [1.29, 1.82) is 0 Å². The maximum Gasteiger partial charge on any atom is 0.410 e. The van der Waals surface area contributed by atoms with E-state index >= 15 is 0 Å². The van der Waals surface area contributed by atoms with Gasteiger partial charge in [-0.15, -0.1) is 10.2 Å². The second kappa shape index (κ2) is 10.4. The largest absolute Gasteiger partial charge is 0.493 e. The number of ether oxygens (including phenoxy) is 3. The lowest BCUT2D eigenvalue weighted by molar-refractivity contribution is 0.0240. The Balaban J connectivity index is 1.50. The van der Waals surface area contributed by atoms with Crippen LogP contribution in [0.1, 0.15) is 39.3 Å². The molecule has 36 heavy (non-hydrogen) atoms. The van der Waals surface area contributed by atoms with Crippen molar-refractivity contribution in [2.24, 2.45) is 0 Å². The number of carbonyl (C=O) groups excluding carboxylic acids is 1. The number of aromatic nitrogens is 3. The molecule has 4 rings (SSSR count). The summed E-state index contributed by atoms with van der Waals surface area (Å²) < 4.78 is 16.3. The summed E-state index contributed by atoms with van der Waals surface area (Å²) >= 11 is 0. The van der Waals surface area contributed by atoms with Gasteiger partial charge in [-0.3, -0.25) is 0 Å². The van der Waals surface area contributed by atoms with E-state index in [-0.39, 0.29) is 12.1 Å². The number of nitrogens with zero attached hydrogens (tertiary/aromatic N) is 5.